The fraction of sp³-hybridized carbons (Fsp3) is 0.345. The van der Waals surface area contributed by atoms with Gasteiger partial charge >= 0.3 is 6.09 Å². The maximum atomic E-state index is 12.9. The predicted molar refractivity (Wildman–Crippen MR) is 155 cm³/mol. The van der Waals surface area contributed by atoms with E-state index in [2.05, 4.69) is 29.7 Å². The molecule has 11 heteroatoms. The van der Waals surface area contributed by atoms with Gasteiger partial charge in [0.05, 0.1) is 17.5 Å². The molecule has 0 aliphatic carbocycles. The number of carbonyl (C=O) groups excluding carboxylic acids is 1. The zero-order chi connectivity index (χ0) is 28.9. The van der Waals surface area contributed by atoms with Crippen LogP contribution in [0.5, 0.6) is 17.2 Å². The highest BCUT2D eigenvalue weighted by molar-refractivity contribution is 7.89. The maximum absolute atomic E-state index is 12.9. The fourth-order valence-corrected chi connectivity index (χ4v) is 5.99. The zero-order valence-electron chi connectivity index (χ0n) is 23.2. The lowest BCUT2D eigenvalue weighted by atomic mass is 9.92. The molecule has 1 heterocycles. The maximum Gasteiger partial charge on any atom is 0.407 e. The summed E-state index contributed by atoms with van der Waals surface area (Å²) in [5, 5.41) is 13.3. The molecule has 1 aliphatic rings. The number of phenols is 1. The standard InChI is InChI=1S/C29H36N2O7SSi/c1-20-5-10-24(11-6-20)39(34,35)30-14-13-21-7-9-23(32)18-25(21)28(31-29(33)36-15-16-40(2,3)4)22-8-12-26-27(17-22)38-19-37-26/h5-12,17-18,28,30,32H,13-16,19H2,1-4H3,(H,31,33)/t28-/m1/s1. The van der Waals surface area contributed by atoms with Crippen LogP contribution in [-0.2, 0) is 21.2 Å². The van der Waals surface area contributed by atoms with Crippen LogP contribution >= 0.6 is 0 Å². The smallest absolute Gasteiger partial charge is 0.407 e. The van der Waals surface area contributed by atoms with Crippen LogP contribution in [0.15, 0.2) is 65.6 Å². The van der Waals surface area contributed by atoms with E-state index in [1.165, 1.54) is 6.07 Å². The number of benzene rings is 3. The number of carbonyl (C=O) groups is 1. The molecule has 4 rings (SSSR count). The van der Waals surface area contributed by atoms with E-state index in [-0.39, 0.29) is 24.0 Å². The van der Waals surface area contributed by atoms with Crippen LogP contribution in [0.2, 0.25) is 25.7 Å². The average Bonchev–Trinajstić information content (AvgIpc) is 3.36. The van der Waals surface area contributed by atoms with Crippen LogP contribution in [0.25, 0.3) is 0 Å². The normalized spacial score (nSPS) is 13.6. The Hall–Kier alpha value is -3.54. The van der Waals surface area contributed by atoms with Crippen LogP contribution in [0.4, 0.5) is 4.79 Å². The van der Waals surface area contributed by atoms with Gasteiger partial charge in [0.15, 0.2) is 11.5 Å². The van der Waals surface area contributed by atoms with Crippen molar-refractivity contribution in [2.45, 2.75) is 50.0 Å². The van der Waals surface area contributed by atoms with Gasteiger partial charge in [-0.15, -0.1) is 0 Å². The third kappa shape index (κ3) is 7.77. The van der Waals surface area contributed by atoms with Gasteiger partial charge < -0.3 is 24.6 Å². The highest BCUT2D eigenvalue weighted by atomic mass is 32.2. The lowest BCUT2D eigenvalue weighted by Gasteiger charge is -2.23. The quantitative estimate of drug-likeness (QED) is 0.268. The van der Waals surface area contributed by atoms with Gasteiger partial charge in [0.1, 0.15) is 5.75 Å². The number of fused-ring (bicyclic) bond motifs is 1. The Balaban J connectivity index is 1.58. The Kier molecular flexibility index (Phi) is 9.07. The molecule has 3 aromatic carbocycles. The van der Waals surface area contributed by atoms with Gasteiger partial charge in [-0.25, -0.2) is 17.9 Å². The zero-order valence-corrected chi connectivity index (χ0v) is 25.0. The fourth-order valence-electron chi connectivity index (χ4n) is 4.24. The van der Waals surface area contributed by atoms with E-state index in [0.29, 0.717) is 35.7 Å². The molecule has 0 bridgehead atoms. The Labute approximate surface area is 236 Å². The third-order valence-corrected chi connectivity index (χ3v) is 9.72. The Bertz CT molecular complexity index is 1450. The number of alkyl carbamates (subject to hydrolysis) is 1. The summed E-state index contributed by atoms with van der Waals surface area (Å²) in [4.78, 5) is 13.1. The Morgan fingerprint density at radius 2 is 1.75 bits per heavy atom. The van der Waals surface area contributed by atoms with Gasteiger partial charge in [0.2, 0.25) is 16.8 Å². The highest BCUT2D eigenvalue weighted by Gasteiger charge is 2.25. The minimum atomic E-state index is -3.71. The number of sulfonamides is 1. The van der Waals surface area contributed by atoms with Crippen LogP contribution < -0.4 is 19.5 Å². The molecule has 1 aliphatic heterocycles. The van der Waals surface area contributed by atoms with E-state index >= 15 is 0 Å². The molecular weight excluding hydrogens is 548 g/mol. The third-order valence-electron chi connectivity index (χ3n) is 6.54. The number of hydrogen-bond acceptors (Lipinski definition) is 7. The van der Waals surface area contributed by atoms with Gasteiger partial charge in [0.25, 0.3) is 0 Å². The second kappa shape index (κ2) is 12.3. The molecule has 0 fully saturated rings. The summed E-state index contributed by atoms with van der Waals surface area (Å²) >= 11 is 0. The molecule has 9 nitrogen and oxygen atoms in total. The molecule has 3 aromatic rings. The monoisotopic (exact) mass is 584 g/mol. The number of hydrogen-bond donors (Lipinski definition) is 3. The number of ether oxygens (including phenoxy) is 3. The van der Waals surface area contributed by atoms with Crippen molar-refractivity contribution in [2.24, 2.45) is 0 Å². The molecule has 0 aromatic heterocycles. The summed E-state index contributed by atoms with van der Waals surface area (Å²) in [5.74, 6) is 1.16. The summed E-state index contributed by atoms with van der Waals surface area (Å²) in [6.45, 7) is 9.03. The molecule has 40 heavy (non-hydrogen) atoms. The topological polar surface area (TPSA) is 123 Å². The molecule has 214 valence electrons. The molecule has 3 N–H and O–H groups in total. The minimum absolute atomic E-state index is 0.0126. The van der Waals surface area contributed by atoms with Crippen molar-refractivity contribution in [3.8, 4) is 17.2 Å². The highest BCUT2D eigenvalue weighted by Crippen LogP contribution is 2.37. The molecule has 0 saturated heterocycles. The van der Waals surface area contributed by atoms with Gasteiger partial charge in [0, 0.05) is 14.6 Å². The number of phenolic OH excluding ortho intramolecular Hbond substituents is 1. The lowest BCUT2D eigenvalue weighted by molar-refractivity contribution is 0.149. The Morgan fingerprint density at radius 3 is 2.48 bits per heavy atom. The summed E-state index contributed by atoms with van der Waals surface area (Å²) in [6, 6.07) is 16.9. The van der Waals surface area contributed by atoms with Crippen LogP contribution in [0, 0.1) is 6.92 Å². The molecule has 1 atom stereocenters. The first kappa shape index (κ1) is 29.4. The van der Waals surface area contributed by atoms with Crippen LogP contribution in [0.3, 0.4) is 0 Å². The van der Waals surface area contributed by atoms with Crippen molar-refractivity contribution in [1.29, 1.82) is 0 Å². The molecule has 0 spiro atoms. The second-order valence-electron chi connectivity index (χ2n) is 11.0. The SMILES string of the molecule is Cc1ccc(S(=O)(=O)NCCc2ccc(O)cc2[C@H](NC(=O)OCC[Si](C)(C)C)c2ccc3c(c2)OCO3)cc1. The van der Waals surface area contributed by atoms with Crippen molar-refractivity contribution in [1.82, 2.24) is 10.0 Å². The summed E-state index contributed by atoms with van der Waals surface area (Å²) in [7, 11) is -5.11. The summed E-state index contributed by atoms with van der Waals surface area (Å²) < 4.78 is 44.8. The molecule has 1 amide bonds. The van der Waals surface area contributed by atoms with Gasteiger partial charge in [-0.2, -0.15) is 0 Å². The number of aryl methyl sites for hydroxylation is 1. The predicted octanol–water partition coefficient (Wildman–Crippen LogP) is 5.10. The van der Waals surface area contributed by atoms with Crippen molar-refractivity contribution in [3.63, 3.8) is 0 Å². The van der Waals surface area contributed by atoms with E-state index in [9.17, 15) is 18.3 Å². The number of aromatic hydroxyl groups is 1. The van der Waals surface area contributed by atoms with Crippen molar-refractivity contribution >= 4 is 24.2 Å². The molecular formula is C29H36N2O7SSi. The van der Waals surface area contributed by atoms with E-state index in [0.717, 1.165) is 17.2 Å². The average molecular weight is 585 g/mol. The molecule has 0 saturated carbocycles. The Morgan fingerprint density at radius 1 is 1.02 bits per heavy atom. The lowest BCUT2D eigenvalue weighted by Crippen LogP contribution is -2.32. The number of nitrogens with one attached hydrogen (secondary N) is 2. The largest absolute Gasteiger partial charge is 0.508 e. The van der Waals surface area contributed by atoms with E-state index < -0.39 is 30.2 Å². The van der Waals surface area contributed by atoms with Crippen molar-refractivity contribution < 1.29 is 32.5 Å². The van der Waals surface area contributed by atoms with Crippen molar-refractivity contribution in [3.05, 3.63) is 82.9 Å². The van der Waals surface area contributed by atoms with Gasteiger partial charge in [-0.05, 0) is 72.5 Å². The number of rotatable bonds is 11. The van der Waals surface area contributed by atoms with E-state index in [4.69, 9.17) is 14.2 Å². The second-order valence-corrected chi connectivity index (χ2v) is 18.4. The van der Waals surface area contributed by atoms with Crippen LogP contribution in [-0.4, -0.2) is 47.6 Å². The molecule has 0 radical (unpaired) electrons. The van der Waals surface area contributed by atoms with Crippen LogP contribution in [0.1, 0.15) is 28.3 Å². The number of amides is 1. The summed E-state index contributed by atoms with van der Waals surface area (Å²) in [6.07, 6.45) is -0.274. The molecule has 0 unspecified atom stereocenters. The van der Waals surface area contributed by atoms with E-state index in [1.54, 1.807) is 48.5 Å². The van der Waals surface area contributed by atoms with Gasteiger partial charge in [-0.3, -0.25) is 0 Å². The van der Waals surface area contributed by atoms with Crippen molar-refractivity contribution in [2.75, 3.05) is 19.9 Å². The first-order valence-corrected chi connectivity index (χ1v) is 18.3. The minimum Gasteiger partial charge on any atom is -0.508 e. The first-order chi connectivity index (χ1) is 18.9. The van der Waals surface area contributed by atoms with Gasteiger partial charge in [-0.1, -0.05) is 49.5 Å². The summed E-state index contributed by atoms with van der Waals surface area (Å²) in [5.41, 5.74) is 3.01. The first-order valence-electron chi connectivity index (χ1n) is 13.1. The van der Waals surface area contributed by atoms with E-state index in [1.807, 2.05) is 13.0 Å².